The maximum absolute atomic E-state index is 12.1. The highest BCUT2D eigenvalue weighted by molar-refractivity contribution is 5.92. The molecular weight excluding hydrogens is 306 g/mol. The van der Waals surface area contributed by atoms with Gasteiger partial charge in [0.1, 0.15) is 5.56 Å². The molecule has 0 aliphatic carbocycles. The van der Waals surface area contributed by atoms with E-state index in [0.717, 1.165) is 16.8 Å². The number of pyridine rings is 1. The van der Waals surface area contributed by atoms with Crippen LogP contribution in [0, 0.1) is 16.0 Å². The molecule has 0 fully saturated rings. The third-order valence-electron chi connectivity index (χ3n) is 2.95. The Labute approximate surface area is 130 Å². The number of carbonyl (C=O) groups is 1. The fourth-order valence-electron chi connectivity index (χ4n) is 1.95. The van der Waals surface area contributed by atoms with Crippen molar-refractivity contribution in [3.8, 4) is 0 Å². The first-order chi connectivity index (χ1) is 10.8. The summed E-state index contributed by atoms with van der Waals surface area (Å²) in [4.78, 5) is 37.7. The normalized spacial score (nSPS) is 10.9. The summed E-state index contributed by atoms with van der Waals surface area (Å²) in [5, 5.41) is 14.6. The third kappa shape index (κ3) is 3.78. The van der Waals surface area contributed by atoms with Crippen molar-refractivity contribution in [2.45, 2.75) is 26.8 Å². The second-order valence-electron chi connectivity index (χ2n) is 5.37. The second kappa shape index (κ2) is 6.38. The van der Waals surface area contributed by atoms with Crippen molar-refractivity contribution in [3.05, 3.63) is 50.0 Å². The molecule has 2 N–H and O–H groups in total. The van der Waals surface area contributed by atoms with Gasteiger partial charge in [-0.2, -0.15) is 4.98 Å². The van der Waals surface area contributed by atoms with E-state index in [1.807, 2.05) is 13.8 Å². The highest BCUT2D eigenvalue weighted by atomic mass is 16.6. The fourth-order valence-corrected chi connectivity index (χ4v) is 1.95. The highest BCUT2D eigenvalue weighted by Crippen LogP contribution is 2.11. The molecule has 0 aliphatic heterocycles. The predicted octanol–water partition coefficient (Wildman–Crippen LogP) is 0.485. The summed E-state index contributed by atoms with van der Waals surface area (Å²) in [6, 6.07) is 0.849. The summed E-state index contributed by atoms with van der Waals surface area (Å²) in [5.74, 6) is -0.145. The number of carbonyl (C=O) groups excluding carboxylic acids is 1. The molecule has 122 valence electrons. The van der Waals surface area contributed by atoms with Gasteiger partial charge in [0.05, 0.1) is 17.7 Å². The number of hydrogen-bond acceptors (Lipinski definition) is 7. The predicted molar refractivity (Wildman–Crippen MR) is 77.8 cm³/mol. The Kier molecular flexibility index (Phi) is 4.53. The summed E-state index contributed by atoms with van der Waals surface area (Å²) in [6.07, 6.45) is 1.58. The van der Waals surface area contributed by atoms with E-state index in [4.69, 9.17) is 10.3 Å². The minimum atomic E-state index is -1.04. The van der Waals surface area contributed by atoms with Crippen LogP contribution in [0.15, 0.2) is 21.6 Å². The van der Waals surface area contributed by atoms with E-state index in [-0.39, 0.29) is 12.4 Å². The third-order valence-corrected chi connectivity index (χ3v) is 2.95. The average Bonchev–Trinajstić information content (AvgIpc) is 2.86. The van der Waals surface area contributed by atoms with Crippen LogP contribution in [0.25, 0.3) is 0 Å². The summed E-state index contributed by atoms with van der Waals surface area (Å²) in [5.41, 5.74) is 3.43. The van der Waals surface area contributed by atoms with Crippen LogP contribution in [0.4, 0.5) is 5.69 Å². The molecular formula is C13H15N5O5. The zero-order chi connectivity index (χ0) is 17.1. The lowest BCUT2D eigenvalue weighted by atomic mass is 10.1. The Morgan fingerprint density at radius 3 is 2.78 bits per heavy atom. The van der Waals surface area contributed by atoms with E-state index < -0.39 is 27.6 Å². The molecule has 10 heteroatoms. The van der Waals surface area contributed by atoms with Crippen molar-refractivity contribution in [3.63, 3.8) is 0 Å². The van der Waals surface area contributed by atoms with Gasteiger partial charge in [-0.15, -0.1) is 0 Å². The van der Waals surface area contributed by atoms with E-state index in [0.29, 0.717) is 18.2 Å². The number of nitrogens with zero attached hydrogens (tertiary/aromatic N) is 4. The molecule has 0 unspecified atom stereocenters. The van der Waals surface area contributed by atoms with E-state index in [1.165, 1.54) is 0 Å². The lowest BCUT2D eigenvalue weighted by Gasteiger charge is -2.04. The van der Waals surface area contributed by atoms with Crippen molar-refractivity contribution in [1.82, 2.24) is 14.7 Å². The van der Waals surface area contributed by atoms with E-state index in [2.05, 4.69) is 10.1 Å². The SMILES string of the molecule is CC(C)Cc1nc(Cn2cc([N+](=O)[O-])cc(C(N)=O)c2=O)no1. The number of amides is 1. The maximum Gasteiger partial charge on any atom is 0.286 e. The van der Waals surface area contributed by atoms with Crippen LogP contribution < -0.4 is 11.3 Å². The topological polar surface area (TPSA) is 147 Å². The van der Waals surface area contributed by atoms with Crippen molar-refractivity contribution in [2.24, 2.45) is 11.7 Å². The Bertz CT molecular complexity index is 807. The Balaban J connectivity index is 2.39. The molecule has 0 bridgehead atoms. The van der Waals surface area contributed by atoms with Gasteiger partial charge in [-0.25, -0.2) is 0 Å². The molecule has 2 aromatic heterocycles. The molecule has 2 heterocycles. The van der Waals surface area contributed by atoms with Crippen molar-refractivity contribution >= 4 is 11.6 Å². The molecule has 23 heavy (non-hydrogen) atoms. The van der Waals surface area contributed by atoms with Gasteiger partial charge in [0, 0.05) is 12.5 Å². The zero-order valence-electron chi connectivity index (χ0n) is 12.6. The lowest BCUT2D eigenvalue weighted by molar-refractivity contribution is -0.385. The molecule has 0 atom stereocenters. The van der Waals surface area contributed by atoms with Gasteiger partial charge in [-0.3, -0.25) is 19.7 Å². The first-order valence-electron chi connectivity index (χ1n) is 6.78. The molecule has 0 saturated heterocycles. The molecule has 0 aromatic carbocycles. The Morgan fingerprint density at radius 1 is 1.52 bits per heavy atom. The summed E-state index contributed by atoms with van der Waals surface area (Å²) < 4.78 is 6.00. The van der Waals surface area contributed by atoms with Crippen LogP contribution in [0.2, 0.25) is 0 Å². The van der Waals surface area contributed by atoms with Crippen LogP contribution in [0.3, 0.4) is 0 Å². The number of nitrogens with two attached hydrogens (primary N) is 1. The molecule has 0 saturated carbocycles. The van der Waals surface area contributed by atoms with Gasteiger partial charge in [-0.1, -0.05) is 19.0 Å². The lowest BCUT2D eigenvalue weighted by Crippen LogP contribution is -2.30. The van der Waals surface area contributed by atoms with Crippen LogP contribution in [0.1, 0.15) is 35.9 Å². The molecule has 1 amide bonds. The molecule has 0 aliphatic rings. The summed E-state index contributed by atoms with van der Waals surface area (Å²) >= 11 is 0. The zero-order valence-corrected chi connectivity index (χ0v) is 12.6. The van der Waals surface area contributed by atoms with Crippen molar-refractivity contribution in [2.75, 3.05) is 0 Å². The number of aromatic nitrogens is 3. The van der Waals surface area contributed by atoms with Gasteiger partial charge in [-0.05, 0) is 5.92 Å². The monoisotopic (exact) mass is 321 g/mol. The molecule has 0 spiro atoms. The van der Waals surface area contributed by atoms with Crippen LogP contribution in [0.5, 0.6) is 0 Å². The summed E-state index contributed by atoms with van der Waals surface area (Å²) in [6.45, 7) is 3.80. The van der Waals surface area contributed by atoms with Crippen LogP contribution in [-0.4, -0.2) is 25.5 Å². The maximum atomic E-state index is 12.1. The van der Waals surface area contributed by atoms with Gasteiger partial charge in [0.2, 0.25) is 5.89 Å². The minimum absolute atomic E-state index is 0.164. The minimum Gasteiger partial charge on any atom is -0.365 e. The average molecular weight is 321 g/mol. The molecule has 10 nitrogen and oxygen atoms in total. The quantitative estimate of drug-likeness (QED) is 0.601. The van der Waals surface area contributed by atoms with Gasteiger partial charge >= 0.3 is 0 Å². The number of hydrogen-bond donors (Lipinski definition) is 1. The number of nitro groups is 1. The smallest absolute Gasteiger partial charge is 0.286 e. The first kappa shape index (κ1) is 16.3. The van der Waals surface area contributed by atoms with E-state index in [1.54, 1.807) is 0 Å². The second-order valence-corrected chi connectivity index (χ2v) is 5.37. The Morgan fingerprint density at radius 2 is 2.22 bits per heavy atom. The molecule has 0 radical (unpaired) electrons. The van der Waals surface area contributed by atoms with Crippen molar-refractivity contribution < 1.29 is 14.2 Å². The molecule has 2 aromatic rings. The number of primary amides is 1. The number of rotatable bonds is 6. The van der Waals surface area contributed by atoms with Gasteiger partial charge in [0.15, 0.2) is 5.82 Å². The van der Waals surface area contributed by atoms with Gasteiger partial charge < -0.3 is 14.8 Å². The van der Waals surface area contributed by atoms with E-state index >= 15 is 0 Å². The first-order valence-corrected chi connectivity index (χ1v) is 6.78. The molecule has 2 rings (SSSR count). The van der Waals surface area contributed by atoms with E-state index in [9.17, 15) is 19.7 Å². The highest BCUT2D eigenvalue weighted by Gasteiger charge is 2.18. The standard InChI is InChI=1S/C13H15N5O5/c1-7(2)3-11-15-10(16-23-11)6-17-5-8(18(21)22)4-9(12(14)19)13(17)20/h4-5,7H,3,6H2,1-2H3,(H2,14,19). The van der Waals surface area contributed by atoms with Gasteiger partial charge in [0.25, 0.3) is 17.2 Å². The van der Waals surface area contributed by atoms with Crippen molar-refractivity contribution in [1.29, 1.82) is 0 Å². The van der Waals surface area contributed by atoms with Crippen LogP contribution >= 0.6 is 0 Å². The summed E-state index contributed by atoms with van der Waals surface area (Å²) in [7, 11) is 0. The Hall–Kier alpha value is -3.04. The largest absolute Gasteiger partial charge is 0.365 e. The van der Waals surface area contributed by atoms with Crippen LogP contribution in [-0.2, 0) is 13.0 Å². The fraction of sp³-hybridized carbons (Fsp3) is 0.385.